The van der Waals surface area contributed by atoms with Crippen molar-refractivity contribution in [3.05, 3.63) is 105 Å². The van der Waals surface area contributed by atoms with Crippen molar-refractivity contribution in [2.75, 3.05) is 5.32 Å². The molecule has 0 spiro atoms. The Hall–Kier alpha value is -4.44. The number of nitrogens with one attached hydrogen (secondary N) is 1. The van der Waals surface area contributed by atoms with Gasteiger partial charge in [-0.05, 0) is 60.4 Å². The topological polar surface area (TPSA) is 105 Å². The number of rotatable bonds is 7. The summed E-state index contributed by atoms with van der Waals surface area (Å²) in [5, 5.41) is 23.1. The van der Waals surface area contributed by atoms with E-state index in [1.165, 1.54) is 18.2 Å². The monoisotopic (exact) mass is 427 g/mol. The fraction of sp³-hybridized carbons (Fsp3) is 0.120. The number of hydrogen-bond donors (Lipinski definition) is 1. The number of amides is 1. The smallest absolute Gasteiger partial charge is 0.269 e. The van der Waals surface area contributed by atoms with Gasteiger partial charge in [-0.3, -0.25) is 14.9 Å². The van der Waals surface area contributed by atoms with Crippen molar-refractivity contribution < 1.29 is 14.5 Å². The predicted octanol–water partition coefficient (Wildman–Crippen LogP) is 5.34. The van der Waals surface area contributed by atoms with Gasteiger partial charge in [-0.25, -0.2) is 0 Å². The average Bonchev–Trinajstić information content (AvgIpc) is 2.79. The number of ether oxygens (including phenoxy) is 1. The van der Waals surface area contributed by atoms with Crippen molar-refractivity contribution in [1.82, 2.24) is 0 Å². The first kappa shape index (κ1) is 22.2. The van der Waals surface area contributed by atoms with E-state index in [2.05, 4.69) is 5.32 Å². The third-order valence-electron chi connectivity index (χ3n) is 4.72. The molecule has 0 unspecified atom stereocenters. The molecule has 0 bridgehead atoms. The molecule has 0 radical (unpaired) electrons. The number of benzene rings is 3. The SMILES string of the molecule is Cc1ccc(C)c(NC(=O)/C(C#N)=C/c2ccc(OCc3cccc([N+](=O)[O-])c3)cc2)c1. The maximum absolute atomic E-state index is 12.5. The van der Waals surface area contributed by atoms with Crippen LogP contribution in [0.3, 0.4) is 0 Å². The van der Waals surface area contributed by atoms with Gasteiger partial charge < -0.3 is 10.1 Å². The quantitative estimate of drug-likeness (QED) is 0.237. The van der Waals surface area contributed by atoms with Gasteiger partial charge in [0.25, 0.3) is 11.6 Å². The molecule has 160 valence electrons. The van der Waals surface area contributed by atoms with Gasteiger partial charge in [-0.15, -0.1) is 0 Å². The molecule has 1 amide bonds. The molecule has 0 heterocycles. The van der Waals surface area contributed by atoms with E-state index in [1.54, 1.807) is 36.4 Å². The maximum Gasteiger partial charge on any atom is 0.269 e. The summed E-state index contributed by atoms with van der Waals surface area (Å²) >= 11 is 0. The van der Waals surface area contributed by atoms with E-state index < -0.39 is 10.8 Å². The van der Waals surface area contributed by atoms with Crippen LogP contribution in [0, 0.1) is 35.3 Å². The van der Waals surface area contributed by atoms with E-state index >= 15 is 0 Å². The number of nitriles is 1. The maximum atomic E-state index is 12.5. The Kier molecular flexibility index (Phi) is 6.99. The largest absolute Gasteiger partial charge is 0.489 e. The van der Waals surface area contributed by atoms with Crippen LogP contribution < -0.4 is 10.1 Å². The van der Waals surface area contributed by atoms with E-state index in [-0.39, 0.29) is 17.9 Å². The molecule has 0 aromatic heterocycles. The molecule has 0 saturated carbocycles. The Labute approximate surface area is 185 Å². The van der Waals surface area contributed by atoms with Crippen molar-refractivity contribution in [2.24, 2.45) is 0 Å². The number of carbonyl (C=O) groups excluding carboxylic acids is 1. The van der Waals surface area contributed by atoms with Crippen molar-refractivity contribution in [1.29, 1.82) is 5.26 Å². The molecular formula is C25H21N3O4. The molecule has 7 nitrogen and oxygen atoms in total. The zero-order valence-electron chi connectivity index (χ0n) is 17.7. The third kappa shape index (κ3) is 5.80. The van der Waals surface area contributed by atoms with Crippen molar-refractivity contribution in [2.45, 2.75) is 20.5 Å². The summed E-state index contributed by atoms with van der Waals surface area (Å²) in [7, 11) is 0. The normalized spacial score (nSPS) is 10.8. The molecule has 3 rings (SSSR count). The summed E-state index contributed by atoms with van der Waals surface area (Å²) < 4.78 is 5.68. The molecule has 0 fully saturated rings. The lowest BCUT2D eigenvalue weighted by Gasteiger charge is -2.09. The molecule has 7 heteroatoms. The number of nitro groups is 1. The summed E-state index contributed by atoms with van der Waals surface area (Å²) in [6.45, 7) is 3.99. The van der Waals surface area contributed by atoms with Gasteiger partial charge in [-0.1, -0.05) is 36.4 Å². The summed E-state index contributed by atoms with van der Waals surface area (Å²) in [6.07, 6.45) is 1.50. The van der Waals surface area contributed by atoms with Gasteiger partial charge in [0.2, 0.25) is 0 Å². The lowest BCUT2D eigenvalue weighted by atomic mass is 10.1. The van der Waals surface area contributed by atoms with Crippen LogP contribution >= 0.6 is 0 Å². The van der Waals surface area contributed by atoms with Gasteiger partial charge in [0.1, 0.15) is 24.0 Å². The number of hydrogen-bond acceptors (Lipinski definition) is 5. The summed E-state index contributed by atoms with van der Waals surface area (Å²) in [4.78, 5) is 23.0. The van der Waals surface area contributed by atoms with Crippen molar-refractivity contribution >= 4 is 23.4 Å². The van der Waals surface area contributed by atoms with Crippen LogP contribution in [0.2, 0.25) is 0 Å². The van der Waals surface area contributed by atoms with Crippen LogP contribution in [-0.4, -0.2) is 10.8 Å². The average molecular weight is 427 g/mol. The zero-order chi connectivity index (χ0) is 23.1. The van der Waals surface area contributed by atoms with Gasteiger partial charge in [0.05, 0.1) is 4.92 Å². The van der Waals surface area contributed by atoms with Crippen molar-refractivity contribution in [3.63, 3.8) is 0 Å². The van der Waals surface area contributed by atoms with Crippen molar-refractivity contribution in [3.8, 4) is 11.8 Å². The third-order valence-corrected chi connectivity index (χ3v) is 4.72. The summed E-state index contributed by atoms with van der Waals surface area (Å²) in [5.74, 6) is 0.0826. The lowest BCUT2D eigenvalue weighted by Crippen LogP contribution is -2.14. The standard InChI is InChI=1S/C25H21N3O4/c1-17-6-7-18(2)24(12-17)27-25(29)21(15-26)13-19-8-10-23(11-9-19)32-16-20-4-3-5-22(14-20)28(30)31/h3-14H,16H2,1-2H3,(H,27,29)/b21-13+. The molecule has 32 heavy (non-hydrogen) atoms. The summed E-state index contributed by atoms with van der Waals surface area (Å²) in [5.41, 5.74) is 3.92. The Morgan fingerprint density at radius 1 is 1.12 bits per heavy atom. The minimum absolute atomic E-state index is 0.00903. The fourth-order valence-corrected chi connectivity index (χ4v) is 2.96. The molecule has 0 atom stereocenters. The van der Waals surface area contributed by atoms with E-state index in [1.807, 2.05) is 38.1 Å². The minimum atomic E-state index is -0.479. The van der Waals surface area contributed by atoms with Crippen LogP contribution in [0.1, 0.15) is 22.3 Å². The van der Waals surface area contributed by atoms with Gasteiger partial charge in [0.15, 0.2) is 0 Å². The second kappa shape index (κ2) is 10.0. The molecule has 1 N–H and O–H groups in total. The van der Waals surface area contributed by atoms with E-state index in [0.29, 0.717) is 22.6 Å². The number of nitrogens with zero attached hydrogens (tertiary/aromatic N) is 2. The summed E-state index contributed by atoms with van der Waals surface area (Å²) in [6, 6.07) is 20.8. The minimum Gasteiger partial charge on any atom is -0.489 e. The van der Waals surface area contributed by atoms with Gasteiger partial charge in [0, 0.05) is 17.8 Å². The van der Waals surface area contributed by atoms with E-state index in [9.17, 15) is 20.2 Å². The number of anilines is 1. The molecule has 0 aliphatic carbocycles. The highest BCUT2D eigenvalue weighted by Crippen LogP contribution is 2.20. The molecule has 0 aliphatic heterocycles. The Bertz CT molecular complexity index is 1220. The second-order valence-corrected chi connectivity index (χ2v) is 7.23. The fourth-order valence-electron chi connectivity index (χ4n) is 2.96. The highest BCUT2D eigenvalue weighted by atomic mass is 16.6. The first-order chi connectivity index (χ1) is 15.4. The first-order valence-corrected chi connectivity index (χ1v) is 9.82. The van der Waals surface area contributed by atoms with Crippen LogP contribution in [0.15, 0.2) is 72.3 Å². The van der Waals surface area contributed by atoms with Gasteiger partial charge in [-0.2, -0.15) is 5.26 Å². The molecule has 0 saturated heterocycles. The first-order valence-electron chi connectivity index (χ1n) is 9.82. The Morgan fingerprint density at radius 2 is 1.88 bits per heavy atom. The number of carbonyl (C=O) groups is 1. The Morgan fingerprint density at radius 3 is 2.56 bits per heavy atom. The molecular weight excluding hydrogens is 406 g/mol. The predicted molar refractivity (Wildman–Crippen MR) is 122 cm³/mol. The van der Waals surface area contributed by atoms with E-state index in [4.69, 9.17) is 4.74 Å². The number of nitro benzene ring substituents is 1. The Balaban J connectivity index is 1.67. The second-order valence-electron chi connectivity index (χ2n) is 7.23. The van der Waals surface area contributed by atoms with E-state index in [0.717, 1.165) is 11.1 Å². The number of non-ortho nitro benzene ring substituents is 1. The lowest BCUT2D eigenvalue weighted by molar-refractivity contribution is -0.384. The molecule has 3 aromatic carbocycles. The van der Waals surface area contributed by atoms with Crippen LogP contribution in [-0.2, 0) is 11.4 Å². The zero-order valence-corrected chi connectivity index (χ0v) is 17.7. The molecule has 3 aromatic rings. The van der Waals surface area contributed by atoms with Crippen LogP contribution in [0.25, 0.3) is 6.08 Å². The highest BCUT2D eigenvalue weighted by molar-refractivity contribution is 6.10. The number of aryl methyl sites for hydroxylation is 2. The van der Waals surface area contributed by atoms with Crippen LogP contribution in [0.5, 0.6) is 5.75 Å². The van der Waals surface area contributed by atoms with Gasteiger partial charge >= 0.3 is 0 Å². The molecule has 0 aliphatic rings. The highest BCUT2D eigenvalue weighted by Gasteiger charge is 2.11. The van der Waals surface area contributed by atoms with Crippen LogP contribution in [0.4, 0.5) is 11.4 Å².